The Kier molecular flexibility index (Phi) is 19.0. The molecule has 0 aromatic heterocycles. The minimum atomic E-state index is -5.02. The SMILES string of the molecule is CCCC/C=C/C=C/C=C/CCCCCCCCOCC(O)COP(=O)(O)F. The first-order valence-electron chi connectivity index (χ1n) is 10.4. The van der Waals surface area contributed by atoms with Gasteiger partial charge in [-0.15, -0.1) is 4.20 Å². The van der Waals surface area contributed by atoms with Crippen LogP contribution in [-0.4, -0.2) is 35.9 Å². The number of allylic oxidation sites excluding steroid dienone is 6. The Balaban J connectivity index is 3.33. The molecule has 0 saturated heterocycles. The van der Waals surface area contributed by atoms with Crippen molar-refractivity contribution in [2.45, 2.75) is 77.2 Å². The van der Waals surface area contributed by atoms with E-state index >= 15 is 0 Å². The second kappa shape index (κ2) is 19.5. The second-order valence-corrected chi connectivity index (χ2v) is 7.93. The summed E-state index contributed by atoms with van der Waals surface area (Å²) in [5, 5.41) is 9.39. The van der Waals surface area contributed by atoms with Gasteiger partial charge in [-0.3, -0.25) is 9.42 Å². The highest BCUT2D eigenvalue weighted by molar-refractivity contribution is 7.46. The van der Waals surface area contributed by atoms with Crippen molar-refractivity contribution in [1.82, 2.24) is 0 Å². The molecule has 5 nitrogen and oxygen atoms in total. The standard InChI is InChI=1S/C21H38FO5P/c1-2-3-4-5-6-7-8-9-10-11-12-13-14-15-16-17-18-26-19-21(23)20-27-28(22,24)25/h5-10,21,23H,2-4,11-20H2,1H3,(H,24,25)/b6-5+,8-7+,10-9+. The Morgan fingerprint density at radius 2 is 1.46 bits per heavy atom. The molecule has 0 aromatic carbocycles. The van der Waals surface area contributed by atoms with Crippen LogP contribution in [0.25, 0.3) is 0 Å². The van der Waals surface area contributed by atoms with Gasteiger partial charge < -0.3 is 9.84 Å². The predicted octanol–water partition coefficient (Wildman–Crippen LogP) is 6.04. The molecule has 0 heterocycles. The lowest BCUT2D eigenvalue weighted by molar-refractivity contribution is 0.00667. The van der Waals surface area contributed by atoms with Crippen LogP contribution in [0.4, 0.5) is 4.20 Å². The molecule has 0 spiro atoms. The van der Waals surface area contributed by atoms with Crippen molar-refractivity contribution in [2.75, 3.05) is 19.8 Å². The monoisotopic (exact) mass is 420 g/mol. The summed E-state index contributed by atoms with van der Waals surface area (Å²) >= 11 is 0. The average Bonchev–Trinajstić information content (AvgIpc) is 2.65. The summed E-state index contributed by atoms with van der Waals surface area (Å²) in [6.45, 7) is 2.12. The van der Waals surface area contributed by atoms with E-state index in [0.29, 0.717) is 6.61 Å². The first-order valence-corrected chi connectivity index (χ1v) is 11.8. The molecule has 7 heteroatoms. The maximum Gasteiger partial charge on any atom is 0.510 e. The molecule has 0 radical (unpaired) electrons. The number of hydrogen-bond acceptors (Lipinski definition) is 4. The van der Waals surface area contributed by atoms with Crippen LogP contribution in [0.2, 0.25) is 0 Å². The van der Waals surface area contributed by atoms with Crippen LogP contribution in [0.15, 0.2) is 36.5 Å². The summed E-state index contributed by atoms with van der Waals surface area (Å²) in [7, 11) is -5.02. The lowest BCUT2D eigenvalue weighted by Crippen LogP contribution is -2.21. The molecule has 0 bridgehead atoms. The van der Waals surface area contributed by atoms with Gasteiger partial charge in [0.15, 0.2) is 0 Å². The minimum absolute atomic E-state index is 0.0324. The fourth-order valence-electron chi connectivity index (χ4n) is 2.42. The molecule has 0 rings (SSSR count). The molecule has 0 fully saturated rings. The number of rotatable bonds is 19. The second-order valence-electron chi connectivity index (χ2n) is 6.77. The molecule has 28 heavy (non-hydrogen) atoms. The van der Waals surface area contributed by atoms with Crippen LogP contribution in [0.5, 0.6) is 0 Å². The zero-order valence-corrected chi connectivity index (χ0v) is 18.1. The fraction of sp³-hybridized carbons (Fsp3) is 0.714. The van der Waals surface area contributed by atoms with E-state index in [-0.39, 0.29) is 6.61 Å². The van der Waals surface area contributed by atoms with Crippen molar-refractivity contribution in [3.8, 4) is 0 Å². The highest BCUT2D eigenvalue weighted by Gasteiger charge is 2.19. The van der Waals surface area contributed by atoms with Crippen LogP contribution < -0.4 is 0 Å². The van der Waals surface area contributed by atoms with Crippen LogP contribution in [0.1, 0.15) is 71.1 Å². The molecular formula is C21H38FO5P. The van der Waals surface area contributed by atoms with Crippen molar-refractivity contribution in [3.05, 3.63) is 36.5 Å². The van der Waals surface area contributed by atoms with Gasteiger partial charge in [0.2, 0.25) is 0 Å². The Hall–Kier alpha value is -0.780. The fourth-order valence-corrected chi connectivity index (χ4v) is 2.77. The lowest BCUT2D eigenvalue weighted by Gasteiger charge is -2.11. The van der Waals surface area contributed by atoms with Gasteiger partial charge >= 0.3 is 7.91 Å². The minimum Gasteiger partial charge on any atom is -0.388 e. The molecular weight excluding hydrogens is 382 g/mol. The lowest BCUT2D eigenvalue weighted by atomic mass is 10.1. The maximum absolute atomic E-state index is 12.2. The van der Waals surface area contributed by atoms with Crippen LogP contribution in [0, 0.1) is 0 Å². The van der Waals surface area contributed by atoms with Crippen LogP contribution in [0.3, 0.4) is 0 Å². The van der Waals surface area contributed by atoms with E-state index in [0.717, 1.165) is 32.1 Å². The summed E-state index contributed by atoms with van der Waals surface area (Å²) in [6.07, 6.45) is 23.1. The third-order valence-corrected chi connectivity index (χ3v) is 4.44. The third-order valence-electron chi connectivity index (χ3n) is 3.98. The molecule has 2 N–H and O–H groups in total. The summed E-state index contributed by atoms with van der Waals surface area (Å²) < 4.78 is 31.7. The van der Waals surface area contributed by atoms with E-state index in [1.54, 1.807) is 0 Å². The molecule has 2 unspecified atom stereocenters. The molecule has 0 aromatic rings. The van der Waals surface area contributed by atoms with Crippen molar-refractivity contribution < 1.29 is 28.0 Å². The summed E-state index contributed by atoms with van der Waals surface area (Å²) in [5.41, 5.74) is 0. The normalized spacial score (nSPS) is 15.7. The van der Waals surface area contributed by atoms with Crippen molar-refractivity contribution >= 4 is 7.91 Å². The number of halogens is 1. The molecule has 164 valence electrons. The van der Waals surface area contributed by atoms with Gasteiger partial charge in [-0.2, -0.15) is 0 Å². The molecule has 0 amide bonds. The summed E-state index contributed by atoms with van der Waals surface area (Å²) in [4.78, 5) is 8.30. The smallest absolute Gasteiger partial charge is 0.388 e. The predicted molar refractivity (Wildman–Crippen MR) is 113 cm³/mol. The Bertz CT molecular complexity index is 473. The van der Waals surface area contributed by atoms with Crippen molar-refractivity contribution in [2.24, 2.45) is 0 Å². The Morgan fingerprint density at radius 1 is 0.893 bits per heavy atom. The third kappa shape index (κ3) is 23.3. The van der Waals surface area contributed by atoms with Crippen molar-refractivity contribution in [1.29, 1.82) is 0 Å². The molecule has 2 atom stereocenters. The molecule has 0 aliphatic heterocycles. The maximum atomic E-state index is 12.2. The van der Waals surface area contributed by atoms with E-state index in [1.165, 1.54) is 32.1 Å². The molecule has 0 saturated carbocycles. The van der Waals surface area contributed by atoms with Gasteiger partial charge in [0.25, 0.3) is 0 Å². The number of aliphatic hydroxyl groups excluding tert-OH is 1. The van der Waals surface area contributed by atoms with Gasteiger partial charge in [-0.05, 0) is 25.7 Å². The highest BCUT2D eigenvalue weighted by atomic mass is 31.2. The van der Waals surface area contributed by atoms with E-state index in [2.05, 4.69) is 47.9 Å². The topological polar surface area (TPSA) is 76.0 Å². The summed E-state index contributed by atoms with van der Waals surface area (Å²) in [5.74, 6) is 0. The zero-order valence-electron chi connectivity index (χ0n) is 17.2. The van der Waals surface area contributed by atoms with E-state index in [9.17, 15) is 13.9 Å². The first kappa shape index (κ1) is 27.2. The number of aliphatic hydroxyl groups is 1. The Morgan fingerprint density at radius 3 is 2.07 bits per heavy atom. The van der Waals surface area contributed by atoms with E-state index in [1.807, 2.05) is 0 Å². The average molecular weight is 421 g/mol. The van der Waals surface area contributed by atoms with Crippen LogP contribution >= 0.6 is 7.91 Å². The molecule has 0 aliphatic rings. The largest absolute Gasteiger partial charge is 0.510 e. The van der Waals surface area contributed by atoms with Gasteiger partial charge in [0.1, 0.15) is 6.10 Å². The zero-order chi connectivity index (χ0) is 20.9. The highest BCUT2D eigenvalue weighted by Crippen LogP contribution is 2.43. The number of unbranched alkanes of at least 4 members (excludes halogenated alkanes) is 8. The van der Waals surface area contributed by atoms with Gasteiger partial charge in [0, 0.05) is 6.61 Å². The quantitative estimate of drug-likeness (QED) is 0.151. The first-order chi connectivity index (χ1) is 13.5. The molecule has 0 aliphatic carbocycles. The van der Waals surface area contributed by atoms with Gasteiger partial charge in [0.05, 0.1) is 13.2 Å². The van der Waals surface area contributed by atoms with Crippen LogP contribution in [-0.2, 0) is 13.8 Å². The van der Waals surface area contributed by atoms with Gasteiger partial charge in [-0.1, -0.05) is 81.9 Å². The van der Waals surface area contributed by atoms with E-state index in [4.69, 9.17) is 9.63 Å². The summed E-state index contributed by atoms with van der Waals surface area (Å²) in [6, 6.07) is 0. The Labute approximate surface area is 170 Å². The number of hydrogen-bond donors (Lipinski definition) is 2. The van der Waals surface area contributed by atoms with Gasteiger partial charge in [-0.25, -0.2) is 4.57 Å². The van der Waals surface area contributed by atoms with Crippen molar-refractivity contribution in [3.63, 3.8) is 0 Å². The van der Waals surface area contributed by atoms with E-state index < -0.39 is 20.6 Å². The number of ether oxygens (including phenoxy) is 1.